The number of hydrazine groups is 1. The molecule has 1 aromatic heterocycles. The van der Waals surface area contributed by atoms with Crippen molar-refractivity contribution in [2.45, 2.75) is 25.7 Å². The van der Waals surface area contributed by atoms with E-state index in [0.29, 0.717) is 5.95 Å². The van der Waals surface area contributed by atoms with Gasteiger partial charge in [0, 0.05) is 19.8 Å². The lowest BCUT2D eigenvalue weighted by molar-refractivity contribution is 0.545. The largest absolute Gasteiger partial charge is 0.359 e. The molecule has 0 aromatic carbocycles. The molecule has 0 unspecified atom stereocenters. The Kier molecular flexibility index (Phi) is 3.56. The van der Waals surface area contributed by atoms with Gasteiger partial charge in [-0.25, -0.2) is 10.8 Å². The maximum Gasteiger partial charge on any atom is 0.239 e. The van der Waals surface area contributed by atoms with Gasteiger partial charge in [-0.2, -0.15) is 4.98 Å². The van der Waals surface area contributed by atoms with E-state index in [1.807, 2.05) is 6.07 Å². The van der Waals surface area contributed by atoms with E-state index in [1.54, 1.807) is 6.20 Å². The predicted octanol–water partition coefficient (Wildman–Crippen LogP) is 1.39. The Morgan fingerprint density at radius 3 is 2.94 bits per heavy atom. The zero-order valence-electron chi connectivity index (χ0n) is 9.69. The lowest BCUT2D eigenvalue weighted by Gasteiger charge is -2.22. The fraction of sp³-hybridized carbons (Fsp3) is 0.636. The van der Waals surface area contributed by atoms with Crippen molar-refractivity contribution in [3.63, 3.8) is 0 Å². The molecular weight excluding hydrogens is 202 g/mol. The Bertz CT molecular complexity index is 335. The van der Waals surface area contributed by atoms with Crippen LogP contribution in [0.3, 0.4) is 0 Å². The van der Waals surface area contributed by atoms with E-state index in [-0.39, 0.29) is 0 Å². The summed E-state index contributed by atoms with van der Waals surface area (Å²) >= 11 is 0. The number of aromatic nitrogens is 2. The molecule has 0 atom stereocenters. The number of nitrogens with two attached hydrogens (primary N) is 1. The third-order valence-corrected chi connectivity index (χ3v) is 3.17. The Balaban J connectivity index is 1.98. The van der Waals surface area contributed by atoms with Crippen molar-refractivity contribution in [2.24, 2.45) is 11.8 Å². The molecule has 5 nitrogen and oxygen atoms in total. The number of hydrogen-bond acceptors (Lipinski definition) is 5. The molecule has 1 saturated carbocycles. The quantitative estimate of drug-likeness (QED) is 0.594. The van der Waals surface area contributed by atoms with E-state index in [2.05, 4.69) is 27.3 Å². The van der Waals surface area contributed by atoms with Crippen LogP contribution in [0.4, 0.5) is 11.8 Å². The lowest BCUT2D eigenvalue weighted by Crippen LogP contribution is -2.25. The molecule has 0 aliphatic heterocycles. The zero-order valence-corrected chi connectivity index (χ0v) is 9.69. The number of nitrogens with one attached hydrogen (secondary N) is 1. The number of anilines is 2. The second-order valence-electron chi connectivity index (χ2n) is 4.41. The summed E-state index contributed by atoms with van der Waals surface area (Å²) in [7, 11) is 2.07. The van der Waals surface area contributed by atoms with Gasteiger partial charge in [0.15, 0.2) is 0 Å². The molecule has 3 N–H and O–H groups in total. The van der Waals surface area contributed by atoms with Gasteiger partial charge in [0.05, 0.1) is 0 Å². The SMILES string of the molecule is CN(CC1CCCC1)c1ccnc(NN)n1. The van der Waals surface area contributed by atoms with Crippen LogP contribution < -0.4 is 16.2 Å². The van der Waals surface area contributed by atoms with E-state index < -0.39 is 0 Å². The molecule has 1 aliphatic carbocycles. The topological polar surface area (TPSA) is 67.1 Å². The molecule has 0 spiro atoms. The molecule has 0 radical (unpaired) electrons. The molecule has 2 rings (SSSR count). The molecule has 1 aromatic rings. The zero-order chi connectivity index (χ0) is 11.4. The highest BCUT2D eigenvalue weighted by molar-refractivity contribution is 5.41. The molecule has 0 amide bonds. The molecule has 0 saturated heterocycles. The molecular formula is C11H19N5. The highest BCUT2D eigenvalue weighted by Gasteiger charge is 2.17. The number of nitrogen functional groups attached to an aromatic ring is 1. The van der Waals surface area contributed by atoms with Crippen LogP contribution in [-0.2, 0) is 0 Å². The van der Waals surface area contributed by atoms with Crippen LogP contribution in [0.1, 0.15) is 25.7 Å². The second-order valence-corrected chi connectivity index (χ2v) is 4.41. The summed E-state index contributed by atoms with van der Waals surface area (Å²) in [4.78, 5) is 10.5. The van der Waals surface area contributed by atoms with E-state index in [0.717, 1.165) is 18.3 Å². The minimum Gasteiger partial charge on any atom is -0.359 e. The van der Waals surface area contributed by atoms with Gasteiger partial charge in [-0.05, 0) is 24.8 Å². The van der Waals surface area contributed by atoms with Crippen LogP contribution in [0.2, 0.25) is 0 Å². The third kappa shape index (κ3) is 2.61. The standard InChI is InChI=1S/C11H19N5/c1-16(8-9-4-2-3-5-9)10-6-7-13-11(14-10)15-12/h6-7,9H,2-5,8,12H2,1H3,(H,13,14,15). The van der Waals surface area contributed by atoms with Crippen molar-refractivity contribution in [3.05, 3.63) is 12.3 Å². The van der Waals surface area contributed by atoms with E-state index in [1.165, 1.54) is 25.7 Å². The van der Waals surface area contributed by atoms with Crippen LogP contribution in [0, 0.1) is 5.92 Å². The minimum atomic E-state index is 0.468. The first kappa shape index (κ1) is 11.1. The third-order valence-electron chi connectivity index (χ3n) is 3.17. The molecule has 88 valence electrons. The summed E-state index contributed by atoms with van der Waals surface area (Å²) < 4.78 is 0. The summed E-state index contributed by atoms with van der Waals surface area (Å²) in [5, 5.41) is 0. The normalized spacial score (nSPS) is 16.4. The van der Waals surface area contributed by atoms with Crippen molar-refractivity contribution in [1.82, 2.24) is 9.97 Å². The smallest absolute Gasteiger partial charge is 0.239 e. The molecule has 1 fully saturated rings. The number of rotatable bonds is 4. The summed E-state index contributed by atoms with van der Waals surface area (Å²) in [5.74, 6) is 7.50. The first-order valence-corrected chi connectivity index (χ1v) is 5.80. The van der Waals surface area contributed by atoms with Crippen LogP contribution in [-0.4, -0.2) is 23.6 Å². The first-order chi connectivity index (χ1) is 7.79. The second kappa shape index (κ2) is 5.12. The van der Waals surface area contributed by atoms with Gasteiger partial charge in [-0.1, -0.05) is 12.8 Å². The average molecular weight is 221 g/mol. The molecule has 16 heavy (non-hydrogen) atoms. The Labute approximate surface area is 96.0 Å². The average Bonchev–Trinajstić information content (AvgIpc) is 2.82. The van der Waals surface area contributed by atoms with Gasteiger partial charge in [0.2, 0.25) is 5.95 Å². The van der Waals surface area contributed by atoms with E-state index in [9.17, 15) is 0 Å². The first-order valence-electron chi connectivity index (χ1n) is 5.80. The van der Waals surface area contributed by atoms with Crippen LogP contribution >= 0.6 is 0 Å². The Morgan fingerprint density at radius 2 is 2.25 bits per heavy atom. The van der Waals surface area contributed by atoms with Crippen molar-refractivity contribution in [3.8, 4) is 0 Å². The van der Waals surface area contributed by atoms with Crippen molar-refractivity contribution in [1.29, 1.82) is 0 Å². The van der Waals surface area contributed by atoms with Gasteiger partial charge in [-0.15, -0.1) is 0 Å². The predicted molar refractivity (Wildman–Crippen MR) is 65.1 cm³/mol. The molecule has 0 bridgehead atoms. The van der Waals surface area contributed by atoms with Crippen molar-refractivity contribution < 1.29 is 0 Å². The molecule has 5 heteroatoms. The Morgan fingerprint density at radius 1 is 1.50 bits per heavy atom. The van der Waals surface area contributed by atoms with Crippen LogP contribution in [0.25, 0.3) is 0 Å². The Hall–Kier alpha value is -1.36. The lowest BCUT2D eigenvalue weighted by atomic mass is 10.1. The monoisotopic (exact) mass is 221 g/mol. The summed E-state index contributed by atoms with van der Waals surface area (Å²) in [5.41, 5.74) is 2.47. The number of nitrogens with zero attached hydrogens (tertiary/aromatic N) is 3. The number of hydrogen-bond donors (Lipinski definition) is 2. The fourth-order valence-corrected chi connectivity index (χ4v) is 2.31. The minimum absolute atomic E-state index is 0.468. The van der Waals surface area contributed by atoms with Gasteiger partial charge in [0.25, 0.3) is 0 Å². The maximum absolute atomic E-state index is 5.29. The van der Waals surface area contributed by atoms with Crippen LogP contribution in [0.15, 0.2) is 12.3 Å². The van der Waals surface area contributed by atoms with E-state index in [4.69, 9.17) is 5.84 Å². The van der Waals surface area contributed by atoms with Crippen molar-refractivity contribution >= 4 is 11.8 Å². The summed E-state index contributed by atoms with van der Waals surface area (Å²) in [6.45, 7) is 1.07. The molecule has 1 aliphatic rings. The fourth-order valence-electron chi connectivity index (χ4n) is 2.31. The maximum atomic E-state index is 5.29. The van der Waals surface area contributed by atoms with Gasteiger partial charge >= 0.3 is 0 Å². The highest BCUT2D eigenvalue weighted by Crippen LogP contribution is 2.26. The summed E-state index contributed by atoms with van der Waals surface area (Å²) in [6.07, 6.45) is 7.16. The summed E-state index contributed by atoms with van der Waals surface area (Å²) in [6, 6.07) is 1.91. The van der Waals surface area contributed by atoms with E-state index >= 15 is 0 Å². The van der Waals surface area contributed by atoms with Gasteiger partial charge < -0.3 is 4.90 Å². The van der Waals surface area contributed by atoms with Gasteiger partial charge in [-0.3, -0.25) is 5.43 Å². The molecule has 1 heterocycles. The highest BCUT2D eigenvalue weighted by atomic mass is 15.3. The van der Waals surface area contributed by atoms with Crippen LogP contribution in [0.5, 0.6) is 0 Å². The van der Waals surface area contributed by atoms with Gasteiger partial charge in [0.1, 0.15) is 5.82 Å². The van der Waals surface area contributed by atoms with Crippen molar-refractivity contribution in [2.75, 3.05) is 23.9 Å².